The highest BCUT2D eigenvalue weighted by atomic mass is 19.3. The number of ether oxygens (including phenoxy) is 3. The van der Waals surface area contributed by atoms with Crippen molar-refractivity contribution in [3.63, 3.8) is 0 Å². The van der Waals surface area contributed by atoms with Gasteiger partial charge in [-0.05, 0) is 42.5 Å². The van der Waals surface area contributed by atoms with Crippen molar-refractivity contribution in [2.45, 2.75) is 45.3 Å². The molecule has 8 heteroatoms. The first-order chi connectivity index (χ1) is 13.4. The Balaban J connectivity index is 2.30. The number of alkyl halides is 2. The van der Waals surface area contributed by atoms with Crippen molar-refractivity contribution in [1.82, 2.24) is 5.32 Å². The normalized spacial score (nSPS) is 19.7. The molecule has 1 aromatic rings. The van der Waals surface area contributed by atoms with Gasteiger partial charge in [-0.3, -0.25) is 4.79 Å². The molecule has 0 aromatic heterocycles. The maximum Gasteiger partial charge on any atom is 0.387 e. The van der Waals surface area contributed by atoms with E-state index in [4.69, 9.17) is 9.47 Å². The van der Waals surface area contributed by atoms with Crippen LogP contribution in [0.15, 0.2) is 17.7 Å². The number of carbonyl (C=O) groups is 1. The Morgan fingerprint density at radius 1 is 1.25 bits per heavy atom. The number of nitrogens with zero attached hydrogens (tertiary/aromatic N) is 1. The fourth-order valence-electron chi connectivity index (χ4n) is 3.28. The van der Waals surface area contributed by atoms with E-state index in [9.17, 15) is 18.8 Å². The molecule has 0 radical (unpaired) electrons. The van der Waals surface area contributed by atoms with Gasteiger partial charge in [0.05, 0.1) is 14.2 Å². The third-order valence-corrected chi connectivity index (χ3v) is 4.79. The smallest absolute Gasteiger partial charge is 0.387 e. The molecule has 1 N–H and O–H groups in total. The number of benzene rings is 1. The Morgan fingerprint density at radius 2 is 1.86 bits per heavy atom. The number of nitrogens with one attached hydrogen (secondary N) is 1. The lowest BCUT2D eigenvalue weighted by Crippen LogP contribution is -2.41. The molecule has 2 atom stereocenters. The SMILES string of the molecule is COc1cc(/C=C(\C#N)C(=O)N[C@@H]2CCCC[C@@H]2C)cc(OC)c1OC(F)F. The van der Waals surface area contributed by atoms with E-state index in [1.807, 2.05) is 6.07 Å². The predicted molar refractivity (Wildman–Crippen MR) is 99.3 cm³/mol. The summed E-state index contributed by atoms with van der Waals surface area (Å²) in [6.45, 7) is -0.973. The molecule has 1 saturated carbocycles. The average molecular weight is 394 g/mol. The summed E-state index contributed by atoms with van der Waals surface area (Å²) >= 11 is 0. The van der Waals surface area contributed by atoms with E-state index >= 15 is 0 Å². The lowest BCUT2D eigenvalue weighted by molar-refractivity contribution is -0.118. The van der Waals surface area contributed by atoms with Crippen LogP contribution in [0.4, 0.5) is 8.78 Å². The van der Waals surface area contributed by atoms with Crippen molar-refractivity contribution in [2.24, 2.45) is 5.92 Å². The molecule has 0 unspecified atom stereocenters. The minimum absolute atomic E-state index is 0.00417. The first kappa shape index (κ1) is 21.5. The molecule has 1 aromatic carbocycles. The quantitative estimate of drug-likeness (QED) is 0.560. The summed E-state index contributed by atoms with van der Waals surface area (Å²) in [7, 11) is 2.59. The first-order valence-corrected chi connectivity index (χ1v) is 9.03. The summed E-state index contributed by atoms with van der Waals surface area (Å²) in [5, 5.41) is 12.3. The minimum Gasteiger partial charge on any atom is -0.493 e. The highest BCUT2D eigenvalue weighted by Crippen LogP contribution is 2.40. The summed E-state index contributed by atoms with van der Waals surface area (Å²) < 4.78 is 39.9. The van der Waals surface area contributed by atoms with Gasteiger partial charge in [0.15, 0.2) is 11.5 Å². The van der Waals surface area contributed by atoms with Crippen LogP contribution in [0.1, 0.15) is 38.2 Å². The fourth-order valence-corrected chi connectivity index (χ4v) is 3.28. The number of amides is 1. The molecule has 6 nitrogen and oxygen atoms in total. The van der Waals surface area contributed by atoms with E-state index < -0.39 is 12.5 Å². The van der Waals surface area contributed by atoms with E-state index in [-0.39, 0.29) is 28.9 Å². The molecular weight excluding hydrogens is 370 g/mol. The number of nitriles is 1. The number of rotatable bonds is 7. The van der Waals surface area contributed by atoms with Crippen LogP contribution >= 0.6 is 0 Å². The van der Waals surface area contributed by atoms with Gasteiger partial charge < -0.3 is 19.5 Å². The van der Waals surface area contributed by atoms with Crippen molar-refractivity contribution < 1.29 is 27.8 Å². The van der Waals surface area contributed by atoms with Crippen LogP contribution in [0.3, 0.4) is 0 Å². The Hall–Kier alpha value is -2.82. The highest BCUT2D eigenvalue weighted by molar-refractivity contribution is 6.02. The number of hydrogen-bond acceptors (Lipinski definition) is 5. The third kappa shape index (κ3) is 5.35. The number of carbonyl (C=O) groups excluding carboxylic acids is 1. The van der Waals surface area contributed by atoms with Gasteiger partial charge in [-0.15, -0.1) is 0 Å². The Bertz CT molecular complexity index is 749. The zero-order valence-electron chi connectivity index (χ0n) is 16.1. The molecule has 152 valence electrons. The zero-order chi connectivity index (χ0) is 20.7. The fraction of sp³-hybridized carbons (Fsp3) is 0.500. The Morgan fingerprint density at radius 3 is 2.36 bits per heavy atom. The average Bonchev–Trinajstić information content (AvgIpc) is 2.67. The van der Waals surface area contributed by atoms with E-state index in [0.29, 0.717) is 11.5 Å². The van der Waals surface area contributed by atoms with E-state index in [0.717, 1.165) is 25.7 Å². The lowest BCUT2D eigenvalue weighted by Gasteiger charge is -2.29. The summed E-state index contributed by atoms with van der Waals surface area (Å²) in [6, 6.07) is 4.72. The van der Waals surface area contributed by atoms with Gasteiger partial charge in [0.25, 0.3) is 5.91 Å². The molecule has 0 saturated heterocycles. The minimum atomic E-state index is -3.05. The molecule has 0 spiro atoms. The maximum atomic E-state index is 12.6. The second-order valence-corrected chi connectivity index (χ2v) is 6.64. The predicted octanol–water partition coefficient (Wildman–Crippen LogP) is 3.91. The largest absolute Gasteiger partial charge is 0.493 e. The van der Waals surface area contributed by atoms with Crippen molar-refractivity contribution in [3.05, 3.63) is 23.3 Å². The van der Waals surface area contributed by atoms with Gasteiger partial charge in [0, 0.05) is 6.04 Å². The molecule has 0 heterocycles. The summed E-state index contributed by atoms with van der Waals surface area (Å²) in [5.41, 5.74) is 0.295. The van der Waals surface area contributed by atoms with E-state index in [1.54, 1.807) is 0 Å². The van der Waals surface area contributed by atoms with Gasteiger partial charge in [0.2, 0.25) is 5.75 Å². The van der Waals surface area contributed by atoms with Crippen molar-refractivity contribution >= 4 is 12.0 Å². The van der Waals surface area contributed by atoms with Crippen molar-refractivity contribution in [3.8, 4) is 23.3 Å². The molecular formula is C20H24F2N2O4. The number of hydrogen-bond donors (Lipinski definition) is 1. The monoisotopic (exact) mass is 394 g/mol. The molecule has 1 amide bonds. The van der Waals surface area contributed by atoms with Crippen LogP contribution in [0, 0.1) is 17.2 Å². The Kier molecular flexibility index (Phi) is 7.61. The molecule has 2 rings (SSSR count). The molecule has 1 aliphatic carbocycles. The first-order valence-electron chi connectivity index (χ1n) is 9.03. The molecule has 0 bridgehead atoms. The number of halogens is 2. The van der Waals surface area contributed by atoms with E-state index in [2.05, 4.69) is 17.0 Å². The summed E-state index contributed by atoms with van der Waals surface area (Å²) in [4.78, 5) is 12.5. The van der Waals surface area contributed by atoms with Crippen molar-refractivity contribution in [2.75, 3.05) is 14.2 Å². The van der Waals surface area contributed by atoms with Crippen LogP contribution in [0.5, 0.6) is 17.2 Å². The summed E-state index contributed by atoms with van der Waals surface area (Å²) in [6.07, 6.45) is 5.46. The number of methoxy groups -OCH3 is 2. The van der Waals surface area contributed by atoms with Crippen LogP contribution in [0.25, 0.3) is 6.08 Å². The second kappa shape index (κ2) is 9.93. The third-order valence-electron chi connectivity index (χ3n) is 4.79. The molecule has 1 aliphatic rings. The second-order valence-electron chi connectivity index (χ2n) is 6.64. The van der Waals surface area contributed by atoms with E-state index in [1.165, 1.54) is 32.4 Å². The molecule has 1 fully saturated rings. The summed E-state index contributed by atoms with van der Waals surface area (Å²) in [5.74, 6) is -0.360. The van der Waals surface area contributed by atoms with Gasteiger partial charge in [-0.25, -0.2) is 0 Å². The van der Waals surface area contributed by atoms with Crippen LogP contribution < -0.4 is 19.5 Å². The van der Waals surface area contributed by atoms with Gasteiger partial charge in [-0.1, -0.05) is 19.8 Å². The van der Waals surface area contributed by atoms with Crippen LogP contribution in [-0.2, 0) is 4.79 Å². The van der Waals surface area contributed by atoms with Gasteiger partial charge in [0.1, 0.15) is 11.6 Å². The van der Waals surface area contributed by atoms with Crippen molar-refractivity contribution in [1.29, 1.82) is 5.26 Å². The Labute approximate surface area is 163 Å². The van der Waals surface area contributed by atoms with Gasteiger partial charge in [-0.2, -0.15) is 14.0 Å². The highest BCUT2D eigenvalue weighted by Gasteiger charge is 2.24. The zero-order valence-corrected chi connectivity index (χ0v) is 16.1. The van der Waals surface area contributed by atoms with Crippen LogP contribution in [0.2, 0.25) is 0 Å². The topological polar surface area (TPSA) is 80.6 Å². The maximum absolute atomic E-state index is 12.6. The molecule has 0 aliphatic heterocycles. The molecule has 28 heavy (non-hydrogen) atoms. The van der Waals surface area contributed by atoms with Crippen LogP contribution in [-0.4, -0.2) is 32.8 Å². The lowest BCUT2D eigenvalue weighted by atomic mass is 9.86. The van der Waals surface area contributed by atoms with Gasteiger partial charge >= 0.3 is 6.61 Å². The standard InChI is InChI=1S/C20H24F2N2O4/c1-12-6-4-5-7-15(12)24-19(25)14(11-23)8-13-9-16(26-2)18(28-20(21)22)17(10-13)27-3/h8-10,12,15,20H,4-7H2,1-3H3,(H,24,25)/b14-8+/t12-,15+/m0/s1.